The molecule has 0 bridgehead atoms. The molecular weight excluding hydrogens is 294 g/mol. The average molecular weight is 316 g/mol. The fourth-order valence-electron chi connectivity index (χ4n) is 1.82. The Morgan fingerprint density at radius 3 is 2.75 bits per heavy atom. The summed E-state index contributed by atoms with van der Waals surface area (Å²) in [5, 5.41) is 3.71. The lowest BCUT2D eigenvalue weighted by Gasteiger charge is -2.21. The van der Waals surface area contributed by atoms with E-state index in [0.29, 0.717) is 19.8 Å². The molecule has 1 aliphatic heterocycles. The smallest absolute Gasteiger partial charge is 0.223 e. The molecule has 0 aliphatic carbocycles. The number of ether oxygens (including phenoxy) is 1. The Morgan fingerprint density at radius 2 is 2.15 bits per heavy atom. The van der Waals surface area contributed by atoms with E-state index in [4.69, 9.17) is 16.3 Å². The lowest BCUT2D eigenvalue weighted by Crippen LogP contribution is -2.35. The van der Waals surface area contributed by atoms with E-state index < -0.39 is 0 Å². The summed E-state index contributed by atoms with van der Waals surface area (Å²) in [5.41, 5.74) is 0. The van der Waals surface area contributed by atoms with Gasteiger partial charge in [0.25, 0.3) is 0 Å². The molecule has 0 spiro atoms. The standard InChI is InChI=1S/C15H22ClNO2S/c1-3-14(5-4-12(2)16)20-11-8-17-15(18)13-6-9-19-10-7-13/h3-5,13H,1,6-11H2,2H3,(H,17,18). The first-order valence-electron chi connectivity index (χ1n) is 6.78. The summed E-state index contributed by atoms with van der Waals surface area (Å²) >= 11 is 7.43. The second kappa shape index (κ2) is 10.1. The predicted octanol–water partition coefficient (Wildman–Crippen LogP) is 3.47. The number of amides is 1. The molecule has 1 N–H and O–H groups in total. The normalized spacial score (nSPS) is 17.9. The maximum Gasteiger partial charge on any atom is 0.223 e. The summed E-state index contributed by atoms with van der Waals surface area (Å²) in [5.74, 6) is 1.08. The molecule has 1 saturated heterocycles. The second-order valence-electron chi connectivity index (χ2n) is 4.55. The Bertz CT molecular complexity index is 383. The SMILES string of the molecule is C=CC(=CC=C(C)Cl)SCCNC(=O)C1CCOCC1. The average Bonchev–Trinajstić information content (AvgIpc) is 2.47. The maximum atomic E-state index is 11.9. The van der Waals surface area contributed by atoms with E-state index >= 15 is 0 Å². The van der Waals surface area contributed by atoms with Gasteiger partial charge in [0.1, 0.15) is 0 Å². The quantitative estimate of drug-likeness (QED) is 0.577. The zero-order valence-electron chi connectivity index (χ0n) is 11.9. The first kappa shape index (κ1) is 17.3. The number of hydrogen-bond acceptors (Lipinski definition) is 3. The summed E-state index contributed by atoms with van der Waals surface area (Å²) in [7, 11) is 0. The van der Waals surface area contributed by atoms with Crippen LogP contribution in [0.25, 0.3) is 0 Å². The van der Waals surface area contributed by atoms with Crippen LogP contribution in [0, 0.1) is 5.92 Å². The first-order chi connectivity index (χ1) is 9.63. The van der Waals surface area contributed by atoms with Crippen LogP contribution >= 0.6 is 23.4 Å². The lowest BCUT2D eigenvalue weighted by molar-refractivity contribution is -0.127. The van der Waals surface area contributed by atoms with Crippen molar-refractivity contribution in [1.29, 1.82) is 0 Å². The molecule has 112 valence electrons. The van der Waals surface area contributed by atoms with Crippen LogP contribution in [0.15, 0.2) is 34.7 Å². The van der Waals surface area contributed by atoms with E-state index in [0.717, 1.165) is 28.5 Å². The highest BCUT2D eigenvalue weighted by Gasteiger charge is 2.20. The van der Waals surface area contributed by atoms with Crippen molar-refractivity contribution in [2.24, 2.45) is 5.92 Å². The lowest BCUT2D eigenvalue weighted by atomic mass is 10.00. The minimum Gasteiger partial charge on any atom is -0.381 e. The Kier molecular flexibility index (Phi) is 8.74. The molecule has 0 aromatic heterocycles. The molecule has 0 aromatic rings. The number of halogens is 1. The molecule has 1 fully saturated rings. The third kappa shape index (κ3) is 7.17. The van der Waals surface area contributed by atoms with Crippen LogP contribution in [-0.2, 0) is 9.53 Å². The largest absolute Gasteiger partial charge is 0.381 e. The molecule has 3 nitrogen and oxygen atoms in total. The van der Waals surface area contributed by atoms with E-state index in [-0.39, 0.29) is 11.8 Å². The third-order valence-electron chi connectivity index (χ3n) is 2.94. The number of carbonyl (C=O) groups is 1. The zero-order chi connectivity index (χ0) is 14.8. The number of thioether (sulfide) groups is 1. The van der Waals surface area contributed by atoms with Gasteiger partial charge in [-0.2, -0.15) is 0 Å². The molecule has 20 heavy (non-hydrogen) atoms. The molecule has 0 atom stereocenters. The fraction of sp³-hybridized carbons (Fsp3) is 0.533. The van der Waals surface area contributed by atoms with Crippen molar-refractivity contribution in [2.75, 3.05) is 25.5 Å². The van der Waals surface area contributed by atoms with Gasteiger partial charge in [-0.05, 0) is 31.9 Å². The predicted molar refractivity (Wildman–Crippen MR) is 86.9 cm³/mol. The van der Waals surface area contributed by atoms with E-state index in [1.54, 1.807) is 17.8 Å². The van der Waals surface area contributed by atoms with Gasteiger partial charge >= 0.3 is 0 Å². The number of hydrogen-bond donors (Lipinski definition) is 1. The second-order valence-corrected chi connectivity index (χ2v) is 6.32. The minimum absolute atomic E-state index is 0.116. The highest BCUT2D eigenvalue weighted by Crippen LogP contribution is 2.17. The van der Waals surface area contributed by atoms with E-state index in [9.17, 15) is 4.79 Å². The van der Waals surface area contributed by atoms with Crippen molar-refractivity contribution in [3.05, 3.63) is 34.7 Å². The highest BCUT2D eigenvalue weighted by molar-refractivity contribution is 8.03. The maximum absolute atomic E-state index is 11.9. The van der Waals surface area contributed by atoms with E-state index in [2.05, 4.69) is 11.9 Å². The minimum atomic E-state index is 0.116. The van der Waals surface area contributed by atoms with Crippen LogP contribution in [0.3, 0.4) is 0 Å². The number of nitrogens with one attached hydrogen (secondary N) is 1. The molecular formula is C15H22ClNO2S. The molecule has 0 radical (unpaired) electrons. The number of rotatable bonds is 7. The Morgan fingerprint density at radius 1 is 1.45 bits per heavy atom. The number of carbonyl (C=O) groups excluding carboxylic acids is 1. The molecule has 1 aliphatic rings. The molecule has 0 saturated carbocycles. The first-order valence-corrected chi connectivity index (χ1v) is 8.14. The zero-order valence-corrected chi connectivity index (χ0v) is 13.4. The number of allylic oxidation sites excluding steroid dienone is 4. The molecule has 1 amide bonds. The summed E-state index contributed by atoms with van der Waals surface area (Å²) in [6.07, 6.45) is 7.22. The van der Waals surface area contributed by atoms with Gasteiger partial charge in [0.05, 0.1) is 0 Å². The van der Waals surface area contributed by atoms with Crippen molar-refractivity contribution in [1.82, 2.24) is 5.32 Å². The van der Waals surface area contributed by atoms with Crippen molar-refractivity contribution in [3.63, 3.8) is 0 Å². The van der Waals surface area contributed by atoms with Crippen molar-refractivity contribution < 1.29 is 9.53 Å². The van der Waals surface area contributed by atoms with Crippen LogP contribution in [0.5, 0.6) is 0 Å². The van der Waals surface area contributed by atoms with Crippen LogP contribution in [0.1, 0.15) is 19.8 Å². The fourth-order valence-corrected chi connectivity index (χ4v) is 2.60. The summed E-state index contributed by atoms with van der Waals surface area (Å²) in [6, 6.07) is 0. The van der Waals surface area contributed by atoms with Crippen molar-refractivity contribution in [2.45, 2.75) is 19.8 Å². The molecule has 0 unspecified atom stereocenters. The van der Waals surface area contributed by atoms with Gasteiger partial charge < -0.3 is 10.1 Å². The molecule has 1 heterocycles. The summed E-state index contributed by atoms with van der Waals surface area (Å²) < 4.78 is 5.25. The highest BCUT2D eigenvalue weighted by atomic mass is 35.5. The van der Waals surface area contributed by atoms with Gasteiger partial charge in [-0.3, -0.25) is 4.79 Å². The Balaban J connectivity index is 2.23. The topological polar surface area (TPSA) is 38.3 Å². The Hall–Kier alpha value is -0.710. The van der Waals surface area contributed by atoms with Crippen molar-refractivity contribution >= 4 is 29.3 Å². The van der Waals surface area contributed by atoms with Crippen LogP contribution in [-0.4, -0.2) is 31.4 Å². The Labute approximate surface area is 130 Å². The molecule has 5 heteroatoms. The summed E-state index contributed by atoms with van der Waals surface area (Å²) in [4.78, 5) is 12.9. The van der Waals surface area contributed by atoms with E-state index in [1.807, 2.05) is 19.1 Å². The summed E-state index contributed by atoms with van der Waals surface area (Å²) in [6.45, 7) is 7.65. The van der Waals surface area contributed by atoms with Crippen LogP contribution < -0.4 is 5.32 Å². The van der Waals surface area contributed by atoms with Crippen molar-refractivity contribution in [3.8, 4) is 0 Å². The van der Waals surface area contributed by atoms with Gasteiger partial charge in [-0.15, -0.1) is 11.8 Å². The van der Waals surface area contributed by atoms with Crippen LogP contribution in [0.4, 0.5) is 0 Å². The van der Waals surface area contributed by atoms with Gasteiger partial charge in [-0.25, -0.2) is 0 Å². The van der Waals surface area contributed by atoms with E-state index in [1.165, 1.54) is 0 Å². The van der Waals surface area contributed by atoms with Gasteiger partial charge in [-0.1, -0.05) is 24.3 Å². The monoisotopic (exact) mass is 315 g/mol. The van der Waals surface area contributed by atoms with Gasteiger partial charge in [0, 0.05) is 41.4 Å². The molecule has 1 rings (SSSR count). The van der Waals surface area contributed by atoms with Crippen LogP contribution in [0.2, 0.25) is 0 Å². The van der Waals surface area contributed by atoms with Gasteiger partial charge in [0.15, 0.2) is 0 Å². The third-order valence-corrected chi connectivity index (χ3v) is 4.11. The van der Waals surface area contributed by atoms with Gasteiger partial charge in [0.2, 0.25) is 5.91 Å². The molecule has 0 aromatic carbocycles.